The van der Waals surface area contributed by atoms with Crippen LogP contribution in [0.15, 0.2) is 12.3 Å². The number of ether oxygens (including phenoxy) is 1. The number of rotatable bonds is 8. The van der Waals surface area contributed by atoms with E-state index in [1.807, 2.05) is 17.2 Å². The van der Waals surface area contributed by atoms with Crippen LogP contribution in [0.1, 0.15) is 77.6 Å². The van der Waals surface area contributed by atoms with E-state index in [2.05, 4.69) is 20.1 Å². The van der Waals surface area contributed by atoms with Gasteiger partial charge in [0.2, 0.25) is 11.9 Å². The molecule has 2 atom stereocenters. The van der Waals surface area contributed by atoms with Gasteiger partial charge in [-0.05, 0) is 58.1 Å². The van der Waals surface area contributed by atoms with Crippen LogP contribution in [-0.2, 0) is 14.3 Å². The molecule has 9 heteroatoms. The summed E-state index contributed by atoms with van der Waals surface area (Å²) in [7, 11) is 0. The molecule has 4 rings (SSSR count). The van der Waals surface area contributed by atoms with E-state index in [-0.39, 0.29) is 24.7 Å². The number of esters is 1. The van der Waals surface area contributed by atoms with Crippen LogP contribution in [0, 0.1) is 0 Å². The van der Waals surface area contributed by atoms with Crippen LogP contribution in [-0.4, -0.2) is 89.6 Å². The molecule has 0 saturated carbocycles. The average molecular weight is 501 g/mol. The van der Waals surface area contributed by atoms with E-state index in [0.29, 0.717) is 18.7 Å². The van der Waals surface area contributed by atoms with E-state index >= 15 is 0 Å². The number of hydrogen-bond donors (Lipinski definition) is 1. The predicted molar refractivity (Wildman–Crippen MR) is 141 cm³/mol. The summed E-state index contributed by atoms with van der Waals surface area (Å²) in [5.74, 6) is 1.53. The second-order valence-electron chi connectivity index (χ2n) is 10.4. The van der Waals surface area contributed by atoms with Crippen LogP contribution in [0.2, 0.25) is 0 Å². The molecule has 0 aromatic carbocycles. The summed E-state index contributed by atoms with van der Waals surface area (Å²) >= 11 is 0. The fourth-order valence-corrected chi connectivity index (χ4v) is 5.78. The minimum Gasteiger partial charge on any atom is -0.466 e. The number of nitrogens with zero attached hydrogens (tertiary/aromatic N) is 5. The first kappa shape index (κ1) is 26.6. The Kier molecular flexibility index (Phi) is 10.2. The number of hydrogen-bond acceptors (Lipinski definition) is 8. The van der Waals surface area contributed by atoms with E-state index in [0.717, 1.165) is 70.3 Å². The van der Waals surface area contributed by atoms with Crippen molar-refractivity contribution in [2.45, 2.75) is 89.6 Å². The van der Waals surface area contributed by atoms with Crippen molar-refractivity contribution in [1.82, 2.24) is 19.8 Å². The smallest absolute Gasteiger partial charge is 0.306 e. The number of likely N-dealkylation sites (tertiary alicyclic amines) is 2. The Morgan fingerprint density at radius 1 is 0.972 bits per heavy atom. The van der Waals surface area contributed by atoms with Crippen LogP contribution in [0.5, 0.6) is 0 Å². The standard InChI is InChI=1S/C27H44N6O3/c1-2-36-26(35)13-12-25(34)33-19-9-11-23(21-33)32-18-8-5-10-22(20-32)29-27-28-15-14-24(30-27)31-16-6-3-4-7-17-31/h14-15,22-23H,2-13,16-21H2,1H3,(H,28,29,30). The van der Waals surface area contributed by atoms with Gasteiger partial charge < -0.3 is 19.9 Å². The molecule has 0 radical (unpaired) electrons. The van der Waals surface area contributed by atoms with Crippen molar-refractivity contribution >= 4 is 23.6 Å². The maximum atomic E-state index is 12.8. The Bertz CT molecular complexity index is 845. The van der Waals surface area contributed by atoms with Crippen molar-refractivity contribution < 1.29 is 14.3 Å². The molecule has 3 fully saturated rings. The second kappa shape index (κ2) is 13.8. The van der Waals surface area contributed by atoms with Crippen LogP contribution in [0.4, 0.5) is 11.8 Å². The molecular weight excluding hydrogens is 456 g/mol. The first-order valence-electron chi connectivity index (χ1n) is 14.1. The highest BCUT2D eigenvalue weighted by molar-refractivity contribution is 5.81. The lowest BCUT2D eigenvalue weighted by molar-refractivity contribution is -0.146. The summed E-state index contributed by atoms with van der Waals surface area (Å²) in [5.41, 5.74) is 0. The number of piperidine rings is 1. The summed E-state index contributed by atoms with van der Waals surface area (Å²) in [4.78, 5) is 40.8. The molecule has 36 heavy (non-hydrogen) atoms. The number of carbonyl (C=O) groups excluding carboxylic acids is 2. The minimum absolute atomic E-state index is 0.0657. The van der Waals surface area contributed by atoms with Crippen molar-refractivity contribution in [3.63, 3.8) is 0 Å². The molecule has 0 aliphatic carbocycles. The molecule has 0 spiro atoms. The Balaban J connectivity index is 1.32. The van der Waals surface area contributed by atoms with Gasteiger partial charge in [0.25, 0.3) is 0 Å². The van der Waals surface area contributed by atoms with Crippen LogP contribution in [0.3, 0.4) is 0 Å². The Hall–Kier alpha value is -2.42. The molecule has 1 aromatic heterocycles. The summed E-state index contributed by atoms with van der Waals surface area (Å²) in [5, 5.41) is 3.64. The molecule has 9 nitrogen and oxygen atoms in total. The van der Waals surface area contributed by atoms with Gasteiger partial charge in [-0.3, -0.25) is 14.5 Å². The molecule has 0 bridgehead atoms. The number of nitrogens with one attached hydrogen (secondary N) is 1. The van der Waals surface area contributed by atoms with E-state index in [1.54, 1.807) is 6.92 Å². The van der Waals surface area contributed by atoms with E-state index in [9.17, 15) is 9.59 Å². The van der Waals surface area contributed by atoms with Gasteiger partial charge in [0.1, 0.15) is 5.82 Å². The first-order valence-corrected chi connectivity index (χ1v) is 14.1. The molecule has 4 heterocycles. The Morgan fingerprint density at radius 2 is 1.78 bits per heavy atom. The van der Waals surface area contributed by atoms with E-state index in [4.69, 9.17) is 9.72 Å². The zero-order valence-corrected chi connectivity index (χ0v) is 22.0. The lowest BCUT2D eigenvalue weighted by Gasteiger charge is -2.40. The fourth-order valence-electron chi connectivity index (χ4n) is 5.78. The van der Waals surface area contributed by atoms with Gasteiger partial charge in [0.15, 0.2) is 0 Å². The number of aromatic nitrogens is 2. The van der Waals surface area contributed by atoms with Gasteiger partial charge in [0, 0.05) is 57.4 Å². The van der Waals surface area contributed by atoms with E-state index in [1.165, 1.54) is 38.5 Å². The molecule has 3 aliphatic rings. The van der Waals surface area contributed by atoms with Crippen LogP contribution < -0.4 is 10.2 Å². The first-order chi connectivity index (χ1) is 17.6. The molecule has 3 aliphatic heterocycles. The monoisotopic (exact) mass is 500 g/mol. The van der Waals surface area contributed by atoms with Gasteiger partial charge in [-0.15, -0.1) is 0 Å². The lowest BCUT2D eigenvalue weighted by Crippen LogP contribution is -2.51. The molecule has 1 aromatic rings. The quantitative estimate of drug-likeness (QED) is 0.543. The third-order valence-corrected chi connectivity index (χ3v) is 7.72. The molecule has 200 valence electrons. The van der Waals surface area contributed by atoms with Crippen molar-refractivity contribution in [2.24, 2.45) is 0 Å². The number of carbonyl (C=O) groups is 2. The van der Waals surface area contributed by atoms with Gasteiger partial charge in [-0.2, -0.15) is 4.98 Å². The summed E-state index contributed by atoms with van der Waals surface area (Å²) in [6.45, 7) is 7.82. The molecular formula is C27H44N6O3. The topological polar surface area (TPSA) is 90.9 Å². The minimum atomic E-state index is -0.289. The third kappa shape index (κ3) is 7.79. The zero-order chi connectivity index (χ0) is 25.2. The highest BCUT2D eigenvalue weighted by Gasteiger charge is 2.30. The molecule has 1 N–H and O–H groups in total. The number of amides is 1. The van der Waals surface area contributed by atoms with Crippen molar-refractivity contribution in [2.75, 3.05) is 56.1 Å². The third-order valence-electron chi connectivity index (χ3n) is 7.72. The summed E-state index contributed by atoms with van der Waals surface area (Å²) in [6, 6.07) is 2.68. The van der Waals surface area contributed by atoms with Gasteiger partial charge >= 0.3 is 5.97 Å². The Morgan fingerprint density at radius 3 is 2.58 bits per heavy atom. The highest BCUT2D eigenvalue weighted by atomic mass is 16.5. The Labute approximate surface area is 216 Å². The van der Waals surface area contributed by atoms with Gasteiger partial charge in [0.05, 0.1) is 13.0 Å². The maximum absolute atomic E-state index is 12.8. The van der Waals surface area contributed by atoms with E-state index < -0.39 is 0 Å². The normalized spacial score (nSPS) is 24.0. The van der Waals surface area contributed by atoms with Gasteiger partial charge in [-0.1, -0.05) is 19.3 Å². The highest BCUT2D eigenvalue weighted by Crippen LogP contribution is 2.23. The van der Waals surface area contributed by atoms with Crippen molar-refractivity contribution in [1.29, 1.82) is 0 Å². The number of anilines is 2. The molecule has 2 unspecified atom stereocenters. The summed E-state index contributed by atoms with van der Waals surface area (Å²) < 4.78 is 4.98. The fraction of sp³-hybridized carbons (Fsp3) is 0.778. The van der Waals surface area contributed by atoms with Crippen molar-refractivity contribution in [3.05, 3.63) is 12.3 Å². The maximum Gasteiger partial charge on any atom is 0.306 e. The summed E-state index contributed by atoms with van der Waals surface area (Å²) in [6.07, 6.45) is 12.9. The van der Waals surface area contributed by atoms with Crippen LogP contribution in [0.25, 0.3) is 0 Å². The second-order valence-corrected chi connectivity index (χ2v) is 10.4. The molecule has 1 amide bonds. The largest absolute Gasteiger partial charge is 0.466 e. The SMILES string of the molecule is CCOC(=O)CCC(=O)N1CCCC(N2CCCCC(Nc3nccc(N4CCCCCC4)n3)C2)C1. The average Bonchev–Trinajstić information content (AvgIpc) is 3.31. The van der Waals surface area contributed by atoms with Gasteiger partial charge in [-0.25, -0.2) is 4.98 Å². The zero-order valence-electron chi connectivity index (χ0n) is 22.0. The lowest BCUT2D eigenvalue weighted by atomic mass is 10.0. The molecule has 3 saturated heterocycles. The van der Waals surface area contributed by atoms with Crippen molar-refractivity contribution in [3.8, 4) is 0 Å². The van der Waals surface area contributed by atoms with Crippen LogP contribution >= 0.6 is 0 Å². The predicted octanol–water partition coefficient (Wildman–Crippen LogP) is 3.46.